The number of hydrogen-bond donors (Lipinski definition) is 3. The highest BCUT2D eigenvalue weighted by Gasteiger charge is 2.22. The molecule has 3 heteroatoms. The standard InChI is InChI=1S/C22H24N2O/c25-18-12-10-16(11-13-18)19-7-4-14-23-21(19)9-3-5-17-15-24-22-8-2-1-6-20(17)22/h1-2,4,6-8,10-13,15,19,21,23-25H,3,5,9,14H2. The van der Waals surface area contributed by atoms with Gasteiger partial charge in [0, 0.05) is 35.6 Å². The number of benzene rings is 2. The molecule has 4 rings (SSSR count). The maximum Gasteiger partial charge on any atom is 0.115 e. The molecule has 3 N–H and O–H groups in total. The maximum absolute atomic E-state index is 9.52. The number of aromatic hydroxyl groups is 1. The van der Waals surface area contributed by atoms with Crippen molar-refractivity contribution >= 4 is 10.9 Å². The first-order chi connectivity index (χ1) is 12.3. The molecule has 0 spiro atoms. The van der Waals surface area contributed by atoms with Crippen LogP contribution >= 0.6 is 0 Å². The van der Waals surface area contributed by atoms with Gasteiger partial charge < -0.3 is 15.4 Å². The topological polar surface area (TPSA) is 48.0 Å². The Kier molecular flexibility index (Phi) is 4.57. The number of aryl methyl sites for hydroxylation is 1. The Morgan fingerprint density at radius 1 is 1.04 bits per heavy atom. The molecule has 1 aliphatic heterocycles. The average Bonchev–Trinajstić information content (AvgIpc) is 3.06. The number of aromatic nitrogens is 1. The van der Waals surface area contributed by atoms with Gasteiger partial charge in [0.25, 0.3) is 0 Å². The minimum Gasteiger partial charge on any atom is -0.508 e. The number of hydrogen-bond acceptors (Lipinski definition) is 2. The lowest BCUT2D eigenvalue weighted by atomic mass is 9.86. The molecule has 3 aromatic rings. The third-order valence-corrected chi connectivity index (χ3v) is 5.19. The van der Waals surface area contributed by atoms with Gasteiger partial charge in [-0.2, -0.15) is 0 Å². The van der Waals surface area contributed by atoms with E-state index in [2.05, 4.69) is 52.9 Å². The lowest BCUT2D eigenvalue weighted by Gasteiger charge is -2.29. The second kappa shape index (κ2) is 7.16. The molecule has 25 heavy (non-hydrogen) atoms. The van der Waals surface area contributed by atoms with E-state index in [4.69, 9.17) is 0 Å². The van der Waals surface area contributed by atoms with Crippen LogP contribution in [0.3, 0.4) is 0 Å². The third kappa shape index (κ3) is 3.47. The molecule has 0 radical (unpaired) electrons. The Balaban J connectivity index is 1.42. The van der Waals surface area contributed by atoms with Crippen molar-refractivity contribution in [3.63, 3.8) is 0 Å². The Hall–Kier alpha value is -2.52. The third-order valence-electron chi connectivity index (χ3n) is 5.19. The van der Waals surface area contributed by atoms with Gasteiger partial charge in [-0.3, -0.25) is 0 Å². The van der Waals surface area contributed by atoms with Crippen LogP contribution in [0.5, 0.6) is 5.75 Å². The number of phenols is 1. The van der Waals surface area contributed by atoms with Gasteiger partial charge in [-0.1, -0.05) is 42.5 Å². The molecule has 0 bridgehead atoms. The van der Waals surface area contributed by atoms with Crippen molar-refractivity contribution < 1.29 is 5.11 Å². The zero-order chi connectivity index (χ0) is 17.1. The highest BCUT2D eigenvalue weighted by molar-refractivity contribution is 5.82. The van der Waals surface area contributed by atoms with E-state index >= 15 is 0 Å². The van der Waals surface area contributed by atoms with Crippen LogP contribution in [-0.4, -0.2) is 22.7 Å². The van der Waals surface area contributed by atoms with Crippen LogP contribution in [0.25, 0.3) is 10.9 Å². The summed E-state index contributed by atoms with van der Waals surface area (Å²) in [5, 5.41) is 14.5. The van der Waals surface area contributed by atoms with Crippen molar-refractivity contribution in [1.82, 2.24) is 10.3 Å². The molecule has 0 aliphatic carbocycles. The molecule has 2 aromatic carbocycles. The lowest BCUT2D eigenvalue weighted by molar-refractivity contribution is 0.437. The van der Waals surface area contributed by atoms with Crippen LogP contribution in [0.1, 0.15) is 29.9 Å². The van der Waals surface area contributed by atoms with E-state index in [0.29, 0.717) is 17.7 Å². The van der Waals surface area contributed by atoms with Gasteiger partial charge in [-0.15, -0.1) is 0 Å². The van der Waals surface area contributed by atoms with Gasteiger partial charge in [0.2, 0.25) is 0 Å². The zero-order valence-corrected chi connectivity index (χ0v) is 14.3. The predicted octanol–water partition coefficient (Wildman–Crippen LogP) is 4.51. The first-order valence-corrected chi connectivity index (χ1v) is 9.05. The van der Waals surface area contributed by atoms with E-state index in [0.717, 1.165) is 25.8 Å². The molecule has 0 saturated carbocycles. The van der Waals surface area contributed by atoms with Crippen molar-refractivity contribution in [2.24, 2.45) is 0 Å². The van der Waals surface area contributed by atoms with E-state index in [1.165, 1.54) is 22.0 Å². The van der Waals surface area contributed by atoms with Crippen molar-refractivity contribution in [2.75, 3.05) is 6.54 Å². The summed E-state index contributed by atoms with van der Waals surface area (Å²) in [6.45, 7) is 0.937. The van der Waals surface area contributed by atoms with Gasteiger partial charge >= 0.3 is 0 Å². The SMILES string of the molecule is Oc1ccc(C2C=CCNC2CCCc2c[nH]c3ccccc23)cc1. The zero-order valence-electron chi connectivity index (χ0n) is 14.3. The Bertz CT molecular complexity index is 863. The van der Waals surface area contributed by atoms with E-state index < -0.39 is 0 Å². The van der Waals surface area contributed by atoms with E-state index in [1.54, 1.807) is 12.1 Å². The molecule has 2 unspecified atom stereocenters. The minimum absolute atomic E-state index is 0.326. The Morgan fingerprint density at radius 2 is 1.88 bits per heavy atom. The number of fused-ring (bicyclic) bond motifs is 1. The fraction of sp³-hybridized carbons (Fsp3) is 0.273. The fourth-order valence-corrected chi connectivity index (χ4v) is 3.87. The van der Waals surface area contributed by atoms with Crippen molar-refractivity contribution in [3.05, 3.63) is 78.0 Å². The number of H-pyrrole nitrogens is 1. The molecule has 1 aromatic heterocycles. The minimum atomic E-state index is 0.326. The summed E-state index contributed by atoms with van der Waals surface area (Å²) in [5.41, 5.74) is 3.89. The van der Waals surface area contributed by atoms with E-state index in [1.807, 2.05) is 12.1 Å². The molecular formula is C22H24N2O. The largest absolute Gasteiger partial charge is 0.508 e. The summed E-state index contributed by atoms with van der Waals surface area (Å²) >= 11 is 0. The molecule has 0 amide bonds. The fourth-order valence-electron chi connectivity index (χ4n) is 3.87. The first kappa shape index (κ1) is 16.0. The lowest BCUT2D eigenvalue weighted by Crippen LogP contribution is -2.37. The number of phenolic OH excluding ortho intramolecular Hbond substituents is 1. The number of nitrogens with one attached hydrogen (secondary N) is 2. The van der Waals surface area contributed by atoms with Crippen molar-refractivity contribution in [1.29, 1.82) is 0 Å². The van der Waals surface area contributed by atoms with Gasteiger partial charge in [-0.05, 0) is 48.6 Å². The van der Waals surface area contributed by atoms with Gasteiger partial charge in [-0.25, -0.2) is 0 Å². The predicted molar refractivity (Wildman–Crippen MR) is 103 cm³/mol. The van der Waals surface area contributed by atoms with E-state index in [9.17, 15) is 5.11 Å². The monoisotopic (exact) mass is 332 g/mol. The number of aromatic amines is 1. The number of rotatable bonds is 5. The van der Waals surface area contributed by atoms with Crippen molar-refractivity contribution in [3.8, 4) is 5.75 Å². The molecule has 0 fully saturated rings. The van der Waals surface area contributed by atoms with Crippen LogP contribution in [0.2, 0.25) is 0 Å². The summed E-state index contributed by atoms with van der Waals surface area (Å²) < 4.78 is 0. The summed E-state index contributed by atoms with van der Waals surface area (Å²) in [5.74, 6) is 0.699. The smallest absolute Gasteiger partial charge is 0.115 e. The summed E-state index contributed by atoms with van der Waals surface area (Å²) in [4.78, 5) is 3.37. The molecule has 2 heterocycles. The average molecular weight is 332 g/mol. The number of para-hydroxylation sites is 1. The van der Waals surface area contributed by atoms with Gasteiger partial charge in [0.05, 0.1) is 0 Å². The molecule has 128 valence electrons. The Morgan fingerprint density at radius 3 is 2.76 bits per heavy atom. The van der Waals surface area contributed by atoms with Crippen LogP contribution in [0.15, 0.2) is 66.9 Å². The first-order valence-electron chi connectivity index (χ1n) is 9.05. The van der Waals surface area contributed by atoms with Crippen LogP contribution in [0.4, 0.5) is 0 Å². The second-order valence-corrected chi connectivity index (χ2v) is 6.81. The molecule has 3 nitrogen and oxygen atoms in total. The summed E-state index contributed by atoms with van der Waals surface area (Å²) in [6.07, 6.45) is 10.0. The second-order valence-electron chi connectivity index (χ2n) is 6.81. The quantitative estimate of drug-likeness (QED) is 0.602. The Labute approximate surface area is 148 Å². The highest BCUT2D eigenvalue weighted by atomic mass is 16.3. The van der Waals surface area contributed by atoms with Gasteiger partial charge in [0.1, 0.15) is 5.75 Å². The normalized spacial score (nSPS) is 20.2. The van der Waals surface area contributed by atoms with Crippen LogP contribution < -0.4 is 5.32 Å². The van der Waals surface area contributed by atoms with Crippen LogP contribution in [-0.2, 0) is 6.42 Å². The molecule has 0 saturated heterocycles. The van der Waals surface area contributed by atoms with Gasteiger partial charge in [0.15, 0.2) is 0 Å². The molecular weight excluding hydrogens is 308 g/mol. The maximum atomic E-state index is 9.52. The summed E-state index contributed by atoms with van der Waals surface area (Å²) in [6, 6.07) is 16.6. The van der Waals surface area contributed by atoms with Crippen molar-refractivity contribution in [2.45, 2.75) is 31.2 Å². The summed E-state index contributed by atoms with van der Waals surface area (Å²) in [7, 11) is 0. The van der Waals surface area contributed by atoms with E-state index in [-0.39, 0.29) is 0 Å². The molecule has 2 atom stereocenters. The highest BCUT2D eigenvalue weighted by Crippen LogP contribution is 2.28. The van der Waals surface area contributed by atoms with Crippen LogP contribution in [0, 0.1) is 0 Å². The molecule has 1 aliphatic rings.